The van der Waals surface area contributed by atoms with Crippen molar-refractivity contribution in [1.29, 1.82) is 0 Å². The Labute approximate surface area is 155 Å². The van der Waals surface area contributed by atoms with Crippen LogP contribution < -0.4 is 9.80 Å². The van der Waals surface area contributed by atoms with Crippen LogP contribution in [0.5, 0.6) is 0 Å². The van der Waals surface area contributed by atoms with Crippen LogP contribution in [-0.2, 0) is 6.54 Å². The molecule has 1 saturated heterocycles. The summed E-state index contributed by atoms with van der Waals surface area (Å²) in [5, 5.41) is 0. The molecule has 26 heavy (non-hydrogen) atoms. The van der Waals surface area contributed by atoms with E-state index in [1.165, 1.54) is 31.2 Å². The molecular formula is C19H27N7. The Bertz CT molecular complexity index is 709. The quantitative estimate of drug-likeness (QED) is 0.787. The summed E-state index contributed by atoms with van der Waals surface area (Å²) in [6.45, 7) is 3.15. The molecular weight excluding hydrogens is 326 g/mol. The Morgan fingerprint density at radius 1 is 0.923 bits per heavy atom. The van der Waals surface area contributed by atoms with Gasteiger partial charge in [-0.2, -0.15) is 0 Å². The van der Waals surface area contributed by atoms with Crippen molar-refractivity contribution in [3.63, 3.8) is 0 Å². The smallest absolute Gasteiger partial charge is 0.134 e. The number of hydrogen-bond acceptors (Lipinski definition) is 7. The Kier molecular flexibility index (Phi) is 4.97. The summed E-state index contributed by atoms with van der Waals surface area (Å²) in [5.41, 5.74) is 1.19. The molecule has 7 heteroatoms. The molecule has 2 aromatic heterocycles. The van der Waals surface area contributed by atoms with Crippen molar-refractivity contribution in [1.82, 2.24) is 24.8 Å². The molecule has 0 aromatic carbocycles. The third kappa shape index (κ3) is 3.93. The van der Waals surface area contributed by atoms with E-state index in [1.807, 2.05) is 31.4 Å². The molecule has 138 valence electrons. The van der Waals surface area contributed by atoms with E-state index in [1.54, 1.807) is 12.7 Å². The van der Waals surface area contributed by atoms with E-state index in [-0.39, 0.29) is 0 Å². The van der Waals surface area contributed by atoms with Gasteiger partial charge in [-0.15, -0.1) is 0 Å². The number of nitrogens with zero attached hydrogens (tertiary/aromatic N) is 7. The van der Waals surface area contributed by atoms with Gasteiger partial charge in [-0.3, -0.25) is 4.90 Å². The fraction of sp³-hybridized carbons (Fsp3) is 0.579. The zero-order valence-corrected chi connectivity index (χ0v) is 15.6. The maximum atomic E-state index is 4.60. The zero-order chi connectivity index (χ0) is 17.9. The lowest BCUT2D eigenvalue weighted by atomic mass is 10.0. The van der Waals surface area contributed by atoms with Crippen LogP contribution in [0.15, 0.2) is 31.1 Å². The monoisotopic (exact) mass is 353 g/mol. The van der Waals surface area contributed by atoms with Gasteiger partial charge in [0.05, 0.1) is 0 Å². The first-order valence-electron chi connectivity index (χ1n) is 9.44. The lowest BCUT2D eigenvalue weighted by Crippen LogP contribution is -2.46. The van der Waals surface area contributed by atoms with Crippen LogP contribution >= 0.6 is 0 Å². The second-order valence-corrected chi connectivity index (χ2v) is 7.52. The van der Waals surface area contributed by atoms with E-state index >= 15 is 0 Å². The third-order valence-corrected chi connectivity index (χ3v) is 5.27. The normalized spacial score (nSPS) is 18.7. The van der Waals surface area contributed by atoms with E-state index in [0.717, 1.165) is 31.3 Å². The van der Waals surface area contributed by atoms with Crippen molar-refractivity contribution < 1.29 is 0 Å². The number of piperidine rings is 1. The standard InChI is InChI=1S/C19H27N7/c1-24(2)18-9-19(23-14-22-18)26(16-3-4-16)17-5-7-25(8-6-17)12-15-10-20-13-21-11-15/h9-11,13-14,16-17H,3-8,12H2,1-2H3. The van der Waals surface area contributed by atoms with Gasteiger partial charge in [0.1, 0.15) is 24.3 Å². The van der Waals surface area contributed by atoms with Gasteiger partial charge in [-0.1, -0.05) is 0 Å². The van der Waals surface area contributed by atoms with Crippen molar-refractivity contribution in [3.05, 3.63) is 36.7 Å². The molecule has 0 radical (unpaired) electrons. The number of aromatic nitrogens is 4. The van der Waals surface area contributed by atoms with E-state index in [2.05, 4.69) is 35.8 Å². The highest BCUT2D eigenvalue weighted by atomic mass is 15.3. The van der Waals surface area contributed by atoms with Crippen LogP contribution in [0.1, 0.15) is 31.2 Å². The first-order valence-corrected chi connectivity index (χ1v) is 9.44. The van der Waals surface area contributed by atoms with Crippen LogP contribution in [0.4, 0.5) is 11.6 Å². The summed E-state index contributed by atoms with van der Waals surface area (Å²) in [7, 11) is 4.05. The fourth-order valence-electron chi connectivity index (χ4n) is 3.77. The second kappa shape index (κ2) is 7.53. The number of hydrogen-bond donors (Lipinski definition) is 0. The van der Waals surface area contributed by atoms with Gasteiger partial charge in [0.25, 0.3) is 0 Å². The highest BCUT2D eigenvalue weighted by molar-refractivity contribution is 5.51. The molecule has 4 rings (SSSR count). The fourth-order valence-corrected chi connectivity index (χ4v) is 3.77. The van der Waals surface area contributed by atoms with Crippen molar-refractivity contribution in [3.8, 4) is 0 Å². The zero-order valence-electron chi connectivity index (χ0n) is 15.6. The minimum absolute atomic E-state index is 0.565. The predicted octanol–water partition coefficient (Wildman–Crippen LogP) is 1.97. The summed E-state index contributed by atoms with van der Waals surface area (Å²) in [6.07, 6.45) is 12.0. The molecule has 0 spiro atoms. The first kappa shape index (κ1) is 17.1. The predicted molar refractivity (Wildman–Crippen MR) is 102 cm³/mol. The van der Waals surface area contributed by atoms with Crippen molar-refractivity contribution >= 4 is 11.6 Å². The Morgan fingerprint density at radius 3 is 2.23 bits per heavy atom. The molecule has 0 atom stereocenters. The summed E-state index contributed by atoms with van der Waals surface area (Å²) in [5.74, 6) is 2.06. The minimum atomic E-state index is 0.565. The Balaban J connectivity index is 1.42. The van der Waals surface area contributed by atoms with Crippen LogP contribution in [0.25, 0.3) is 0 Å². The number of likely N-dealkylation sites (tertiary alicyclic amines) is 1. The van der Waals surface area contributed by atoms with Gasteiger partial charge in [-0.05, 0) is 25.7 Å². The molecule has 0 bridgehead atoms. The largest absolute Gasteiger partial charge is 0.363 e. The molecule has 1 saturated carbocycles. The molecule has 0 unspecified atom stereocenters. The van der Waals surface area contributed by atoms with E-state index in [9.17, 15) is 0 Å². The Hall–Kier alpha value is -2.28. The molecule has 2 aliphatic rings. The molecule has 2 fully saturated rings. The summed E-state index contributed by atoms with van der Waals surface area (Å²) in [4.78, 5) is 24.3. The second-order valence-electron chi connectivity index (χ2n) is 7.52. The van der Waals surface area contributed by atoms with Crippen molar-refractivity contribution in [2.45, 2.75) is 44.3 Å². The molecule has 1 aliphatic heterocycles. The number of rotatable bonds is 6. The van der Waals surface area contributed by atoms with Gasteiger partial charge in [0.2, 0.25) is 0 Å². The molecule has 3 heterocycles. The van der Waals surface area contributed by atoms with Gasteiger partial charge in [-0.25, -0.2) is 19.9 Å². The summed E-state index contributed by atoms with van der Waals surface area (Å²) >= 11 is 0. The van der Waals surface area contributed by atoms with Crippen LogP contribution in [-0.4, -0.2) is 64.1 Å². The lowest BCUT2D eigenvalue weighted by Gasteiger charge is -2.39. The SMILES string of the molecule is CN(C)c1cc(N(C2CC2)C2CCN(Cc3cncnc3)CC2)ncn1. The van der Waals surface area contributed by atoms with Crippen LogP contribution in [0.3, 0.4) is 0 Å². The average molecular weight is 353 g/mol. The third-order valence-electron chi connectivity index (χ3n) is 5.27. The van der Waals surface area contributed by atoms with E-state index in [0.29, 0.717) is 12.1 Å². The average Bonchev–Trinajstić information content (AvgIpc) is 3.49. The van der Waals surface area contributed by atoms with Crippen LogP contribution in [0, 0.1) is 0 Å². The molecule has 1 aliphatic carbocycles. The maximum Gasteiger partial charge on any atom is 0.134 e. The van der Waals surface area contributed by atoms with Crippen molar-refractivity contribution in [2.75, 3.05) is 37.0 Å². The molecule has 0 amide bonds. The molecule has 2 aromatic rings. The minimum Gasteiger partial charge on any atom is -0.363 e. The molecule has 0 N–H and O–H groups in total. The highest BCUT2D eigenvalue weighted by Gasteiger charge is 2.36. The van der Waals surface area contributed by atoms with E-state index < -0.39 is 0 Å². The number of anilines is 2. The molecule has 7 nitrogen and oxygen atoms in total. The maximum absolute atomic E-state index is 4.60. The van der Waals surface area contributed by atoms with Crippen molar-refractivity contribution in [2.24, 2.45) is 0 Å². The van der Waals surface area contributed by atoms with Gasteiger partial charge >= 0.3 is 0 Å². The first-order chi connectivity index (χ1) is 12.7. The van der Waals surface area contributed by atoms with Gasteiger partial charge in [0.15, 0.2) is 0 Å². The lowest BCUT2D eigenvalue weighted by molar-refractivity contribution is 0.200. The summed E-state index contributed by atoms with van der Waals surface area (Å²) < 4.78 is 0. The van der Waals surface area contributed by atoms with Crippen LogP contribution in [0.2, 0.25) is 0 Å². The van der Waals surface area contributed by atoms with Gasteiger partial charge in [0, 0.05) is 69.8 Å². The Morgan fingerprint density at radius 2 is 1.58 bits per heavy atom. The topological polar surface area (TPSA) is 61.3 Å². The highest BCUT2D eigenvalue weighted by Crippen LogP contribution is 2.36. The van der Waals surface area contributed by atoms with E-state index in [4.69, 9.17) is 0 Å². The summed E-state index contributed by atoms with van der Waals surface area (Å²) in [6, 6.07) is 3.35. The van der Waals surface area contributed by atoms with Gasteiger partial charge < -0.3 is 9.80 Å².